The molecule has 1 N–H and O–H groups in total. The van der Waals surface area contributed by atoms with E-state index in [0.717, 1.165) is 11.1 Å². The molecule has 3 nitrogen and oxygen atoms in total. The highest BCUT2D eigenvalue weighted by Crippen LogP contribution is 2.21. The molecule has 0 aliphatic heterocycles. The van der Waals surface area contributed by atoms with Crippen molar-refractivity contribution in [1.82, 2.24) is 5.32 Å². The van der Waals surface area contributed by atoms with Gasteiger partial charge in [0.05, 0.1) is 6.54 Å². The highest BCUT2D eigenvalue weighted by atomic mass is 35.5. The van der Waals surface area contributed by atoms with Gasteiger partial charge in [0.2, 0.25) is 5.91 Å². The Bertz CT molecular complexity index is 697. The second-order valence-corrected chi connectivity index (χ2v) is 5.78. The summed E-state index contributed by atoms with van der Waals surface area (Å²) in [7, 11) is 0. The van der Waals surface area contributed by atoms with E-state index in [9.17, 15) is 4.79 Å². The van der Waals surface area contributed by atoms with Gasteiger partial charge in [0.25, 0.3) is 0 Å². The Kier molecular flexibility index (Phi) is 6.51. The smallest absolute Gasteiger partial charge is 0.244 e. The van der Waals surface area contributed by atoms with Crippen LogP contribution < -0.4 is 10.1 Å². The fourth-order valence-corrected chi connectivity index (χ4v) is 2.11. The summed E-state index contributed by atoms with van der Waals surface area (Å²) in [5, 5.41) is 4.08. The molecular formula is C18H17Cl2NO2. The van der Waals surface area contributed by atoms with Crippen LogP contribution >= 0.6 is 23.2 Å². The maximum absolute atomic E-state index is 11.7. The minimum atomic E-state index is -0.175. The fraction of sp³-hybridized carbons (Fsp3) is 0.167. The molecule has 2 rings (SSSR count). The minimum Gasteiger partial charge on any atom is -0.492 e. The molecule has 0 unspecified atom stereocenters. The van der Waals surface area contributed by atoms with E-state index >= 15 is 0 Å². The summed E-state index contributed by atoms with van der Waals surface area (Å²) in [5.74, 6) is 0.511. The molecule has 5 heteroatoms. The molecule has 0 aliphatic rings. The van der Waals surface area contributed by atoms with Crippen molar-refractivity contribution >= 4 is 35.2 Å². The highest BCUT2D eigenvalue weighted by molar-refractivity contribution is 6.31. The summed E-state index contributed by atoms with van der Waals surface area (Å²) in [4.78, 5) is 11.7. The highest BCUT2D eigenvalue weighted by Gasteiger charge is 2.00. The molecule has 0 atom stereocenters. The summed E-state index contributed by atoms with van der Waals surface area (Å²) < 4.78 is 5.53. The summed E-state index contributed by atoms with van der Waals surface area (Å²) in [5.41, 5.74) is 1.91. The fourth-order valence-electron chi connectivity index (χ4n) is 1.81. The number of halogens is 2. The van der Waals surface area contributed by atoms with E-state index in [2.05, 4.69) is 5.32 Å². The van der Waals surface area contributed by atoms with Crippen molar-refractivity contribution in [2.24, 2.45) is 0 Å². The lowest BCUT2D eigenvalue weighted by Gasteiger charge is -2.07. The Morgan fingerprint density at radius 3 is 2.61 bits per heavy atom. The Morgan fingerprint density at radius 2 is 1.91 bits per heavy atom. The van der Waals surface area contributed by atoms with Crippen LogP contribution in [-0.2, 0) is 4.79 Å². The molecule has 1 amide bonds. The predicted molar refractivity (Wildman–Crippen MR) is 95.2 cm³/mol. The minimum absolute atomic E-state index is 0.175. The van der Waals surface area contributed by atoms with Crippen molar-refractivity contribution in [3.8, 4) is 5.75 Å². The number of hydrogen-bond acceptors (Lipinski definition) is 2. The van der Waals surface area contributed by atoms with Crippen LogP contribution in [0.1, 0.15) is 11.1 Å². The van der Waals surface area contributed by atoms with Gasteiger partial charge in [-0.3, -0.25) is 4.79 Å². The molecule has 2 aromatic carbocycles. The molecule has 0 fully saturated rings. The first-order chi connectivity index (χ1) is 11.0. The molecule has 0 radical (unpaired) electrons. The van der Waals surface area contributed by atoms with Gasteiger partial charge in [-0.2, -0.15) is 0 Å². The summed E-state index contributed by atoms with van der Waals surface area (Å²) in [6.07, 6.45) is 3.21. The zero-order valence-corrected chi connectivity index (χ0v) is 14.2. The average Bonchev–Trinajstić information content (AvgIpc) is 2.54. The van der Waals surface area contributed by atoms with Crippen molar-refractivity contribution in [3.63, 3.8) is 0 Å². The van der Waals surface area contributed by atoms with Crippen LogP contribution in [0, 0.1) is 6.92 Å². The Labute approximate surface area is 145 Å². The Morgan fingerprint density at radius 1 is 1.17 bits per heavy atom. The molecule has 0 spiro atoms. The third-order valence-corrected chi connectivity index (χ3v) is 3.77. The number of nitrogens with one attached hydrogen (secondary N) is 1. The van der Waals surface area contributed by atoms with E-state index in [-0.39, 0.29) is 5.91 Å². The van der Waals surface area contributed by atoms with Crippen LogP contribution in [0.25, 0.3) is 6.08 Å². The van der Waals surface area contributed by atoms with Crippen molar-refractivity contribution < 1.29 is 9.53 Å². The third-order valence-electron chi connectivity index (χ3n) is 3.11. The Balaban J connectivity index is 1.72. The molecule has 0 saturated heterocycles. The van der Waals surface area contributed by atoms with E-state index in [1.165, 1.54) is 6.08 Å². The second-order valence-electron chi connectivity index (χ2n) is 4.94. The lowest BCUT2D eigenvalue weighted by Crippen LogP contribution is -2.26. The van der Waals surface area contributed by atoms with E-state index in [1.807, 2.05) is 31.2 Å². The van der Waals surface area contributed by atoms with Gasteiger partial charge in [0, 0.05) is 16.1 Å². The lowest BCUT2D eigenvalue weighted by molar-refractivity contribution is -0.116. The molecule has 0 aliphatic carbocycles. The van der Waals surface area contributed by atoms with Crippen LogP contribution in [0.3, 0.4) is 0 Å². The standard InChI is InChI=1S/C18H17Cl2NO2/c1-13-2-8-16(12-17(13)20)23-11-10-21-18(22)9-5-14-3-6-15(19)7-4-14/h2-9,12H,10-11H2,1H3,(H,21,22)/b9-5+. The van der Waals surface area contributed by atoms with Gasteiger partial charge in [-0.15, -0.1) is 0 Å². The first-order valence-corrected chi connectivity index (χ1v) is 7.90. The van der Waals surface area contributed by atoms with E-state index < -0.39 is 0 Å². The van der Waals surface area contributed by atoms with Crippen LogP contribution in [-0.4, -0.2) is 19.1 Å². The topological polar surface area (TPSA) is 38.3 Å². The summed E-state index contributed by atoms with van der Waals surface area (Å²) in [6, 6.07) is 12.7. The van der Waals surface area contributed by atoms with Gasteiger partial charge in [0.15, 0.2) is 0 Å². The lowest BCUT2D eigenvalue weighted by atomic mass is 10.2. The van der Waals surface area contributed by atoms with Crippen LogP contribution in [0.2, 0.25) is 10.0 Å². The molecular weight excluding hydrogens is 333 g/mol. The molecule has 0 heterocycles. The molecule has 23 heavy (non-hydrogen) atoms. The number of carbonyl (C=O) groups excluding carboxylic acids is 1. The van der Waals surface area contributed by atoms with Crippen molar-refractivity contribution in [2.75, 3.05) is 13.2 Å². The molecule has 0 bridgehead atoms. The number of ether oxygens (including phenoxy) is 1. The maximum atomic E-state index is 11.7. The summed E-state index contributed by atoms with van der Waals surface area (Å²) in [6.45, 7) is 2.72. The number of hydrogen-bond donors (Lipinski definition) is 1. The monoisotopic (exact) mass is 349 g/mol. The van der Waals surface area contributed by atoms with Crippen LogP contribution in [0.15, 0.2) is 48.5 Å². The van der Waals surface area contributed by atoms with E-state index in [0.29, 0.717) is 28.9 Å². The third kappa shape index (κ3) is 5.97. The number of aryl methyl sites for hydroxylation is 1. The zero-order chi connectivity index (χ0) is 16.7. The number of rotatable bonds is 6. The van der Waals surface area contributed by atoms with Gasteiger partial charge in [-0.05, 0) is 48.4 Å². The van der Waals surface area contributed by atoms with Gasteiger partial charge in [0.1, 0.15) is 12.4 Å². The van der Waals surface area contributed by atoms with Crippen LogP contribution in [0.5, 0.6) is 5.75 Å². The SMILES string of the molecule is Cc1ccc(OCCNC(=O)/C=C/c2ccc(Cl)cc2)cc1Cl. The normalized spacial score (nSPS) is 10.7. The number of amides is 1. The molecule has 0 aromatic heterocycles. The van der Waals surface area contributed by atoms with Gasteiger partial charge >= 0.3 is 0 Å². The number of benzene rings is 2. The van der Waals surface area contributed by atoms with Gasteiger partial charge < -0.3 is 10.1 Å². The zero-order valence-electron chi connectivity index (χ0n) is 12.7. The molecule has 2 aromatic rings. The summed E-state index contributed by atoms with van der Waals surface area (Å²) >= 11 is 11.8. The van der Waals surface area contributed by atoms with Gasteiger partial charge in [-0.25, -0.2) is 0 Å². The predicted octanol–water partition coefficient (Wildman–Crippen LogP) is 4.51. The van der Waals surface area contributed by atoms with E-state index in [4.69, 9.17) is 27.9 Å². The Hall–Kier alpha value is -1.97. The quantitative estimate of drug-likeness (QED) is 0.615. The first-order valence-electron chi connectivity index (χ1n) is 7.15. The second kappa shape index (κ2) is 8.61. The van der Waals surface area contributed by atoms with Crippen molar-refractivity contribution in [2.45, 2.75) is 6.92 Å². The van der Waals surface area contributed by atoms with E-state index in [1.54, 1.807) is 24.3 Å². The van der Waals surface area contributed by atoms with Crippen molar-refractivity contribution in [3.05, 3.63) is 69.7 Å². The first kappa shape index (κ1) is 17.4. The average molecular weight is 350 g/mol. The van der Waals surface area contributed by atoms with Gasteiger partial charge in [-0.1, -0.05) is 41.4 Å². The maximum Gasteiger partial charge on any atom is 0.244 e. The largest absolute Gasteiger partial charge is 0.492 e. The number of carbonyl (C=O) groups is 1. The van der Waals surface area contributed by atoms with Crippen LogP contribution in [0.4, 0.5) is 0 Å². The molecule has 0 saturated carbocycles. The van der Waals surface area contributed by atoms with Crippen molar-refractivity contribution in [1.29, 1.82) is 0 Å². The molecule has 120 valence electrons.